The molecule has 0 aliphatic rings. The molecule has 0 aliphatic carbocycles. The van der Waals surface area contributed by atoms with E-state index in [1.54, 1.807) is 55.0 Å². The quantitative estimate of drug-likeness (QED) is 0.175. The van der Waals surface area contributed by atoms with Crippen LogP contribution in [0.5, 0.6) is 11.5 Å². The Kier molecular flexibility index (Phi) is 7.15. The highest BCUT2D eigenvalue weighted by Crippen LogP contribution is 2.39. The monoisotopic (exact) mass is 536 g/mol. The summed E-state index contributed by atoms with van der Waals surface area (Å²) >= 11 is 0. The molecule has 0 fully saturated rings. The number of benzene rings is 4. The van der Waals surface area contributed by atoms with Crippen molar-refractivity contribution in [3.8, 4) is 11.5 Å². The third-order valence-corrected chi connectivity index (χ3v) is 6.42. The number of nitrogens with zero attached hydrogens (tertiary/aromatic N) is 4. The van der Waals surface area contributed by atoms with Gasteiger partial charge in [0.1, 0.15) is 22.8 Å². The number of furan rings is 1. The number of aromatic nitrogens is 2. The van der Waals surface area contributed by atoms with Crippen LogP contribution in [-0.2, 0) is 0 Å². The molecule has 198 valence electrons. The zero-order valence-corrected chi connectivity index (χ0v) is 21.8. The summed E-state index contributed by atoms with van der Waals surface area (Å²) in [4.78, 5) is 17.6. The Balaban J connectivity index is 0.000000180. The second kappa shape index (κ2) is 11.5. The largest absolute Gasteiger partial charge is 0.507 e. The summed E-state index contributed by atoms with van der Waals surface area (Å²) in [7, 11) is 0. The van der Waals surface area contributed by atoms with Crippen molar-refractivity contribution in [3.63, 3.8) is 0 Å². The summed E-state index contributed by atoms with van der Waals surface area (Å²) in [6.07, 6.45) is 6.71. The van der Waals surface area contributed by atoms with Crippen molar-refractivity contribution in [2.75, 3.05) is 0 Å². The van der Waals surface area contributed by atoms with Crippen LogP contribution in [0.15, 0.2) is 136 Å². The van der Waals surface area contributed by atoms with Crippen LogP contribution in [0, 0.1) is 0 Å². The second-order valence-electron chi connectivity index (χ2n) is 9.10. The highest BCUT2D eigenvalue weighted by Gasteiger charge is 2.12. The molecular formula is C34H24N4O3. The molecule has 4 aromatic carbocycles. The number of fused-ring (bicyclic) bond motifs is 4. The number of aliphatic imine (C=N–C) groups is 2. The van der Waals surface area contributed by atoms with Gasteiger partial charge >= 0.3 is 0 Å². The SMILES string of the molecule is Oc1ccccc1C=Nc1c(/N=C/c2ccccc2O)oc2ccccc12.c1cnc2c(c1)ccc1cccnc12. The van der Waals surface area contributed by atoms with Crippen LogP contribution >= 0.6 is 0 Å². The molecule has 7 nitrogen and oxygen atoms in total. The van der Waals surface area contributed by atoms with Crippen LogP contribution in [0.3, 0.4) is 0 Å². The third kappa shape index (κ3) is 5.51. The van der Waals surface area contributed by atoms with E-state index < -0.39 is 0 Å². The smallest absolute Gasteiger partial charge is 0.246 e. The standard InChI is InChI=1S/C22H16N2O3.C12H8N2/c25-18-10-4-1-7-15(18)13-23-21-17-9-3-6-12-20(17)27-22(21)24-14-16-8-2-5-11-19(16)26;1-3-9-5-6-10-4-2-8-14-12(10)11(9)13-7-1/h1-14,25-26H;1-8H/b23-13?,24-14+;. The van der Waals surface area contributed by atoms with Gasteiger partial charge in [-0.25, -0.2) is 9.98 Å². The van der Waals surface area contributed by atoms with Gasteiger partial charge in [0.2, 0.25) is 5.88 Å². The Labute approximate surface area is 235 Å². The molecule has 2 N–H and O–H groups in total. The van der Waals surface area contributed by atoms with E-state index in [4.69, 9.17) is 4.42 Å². The Hall–Kier alpha value is -5.82. The van der Waals surface area contributed by atoms with E-state index in [9.17, 15) is 10.2 Å². The van der Waals surface area contributed by atoms with Crippen molar-refractivity contribution in [1.82, 2.24) is 9.97 Å². The fraction of sp³-hybridized carbons (Fsp3) is 0. The fourth-order valence-corrected chi connectivity index (χ4v) is 4.37. The molecule has 7 rings (SSSR count). The molecule has 7 aromatic rings. The Morgan fingerprint density at radius 3 is 1.71 bits per heavy atom. The Morgan fingerprint density at radius 1 is 0.561 bits per heavy atom. The lowest BCUT2D eigenvalue weighted by Gasteiger charge is -2.00. The molecule has 0 saturated carbocycles. The maximum atomic E-state index is 9.93. The van der Waals surface area contributed by atoms with Crippen LogP contribution in [-0.4, -0.2) is 32.6 Å². The van der Waals surface area contributed by atoms with Crippen LogP contribution in [0.4, 0.5) is 11.6 Å². The summed E-state index contributed by atoms with van der Waals surface area (Å²) in [6.45, 7) is 0. The van der Waals surface area contributed by atoms with E-state index in [1.165, 1.54) is 6.21 Å². The first-order valence-corrected chi connectivity index (χ1v) is 12.9. The lowest BCUT2D eigenvalue weighted by atomic mass is 10.1. The molecule has 0 unspecified atom stereocenters. The topological polar surface area (TPSA) is 104 Å². The van der Waals surface area contributed by atoms with Crippen LogP contribution in [0.1, 0.15) is 11.1 Å². The number of phenols is 2. The molecule has 0 aliphatic heterocycles. The summed E-state index contributed by atoms with van der Waals surface area (Å²) in [6, 6.07) is 33.5. The number of pyridine rings is 2. The normalized spacial score (nSPS) is 11.4. The number of hydrogen-bond acceptors (Lipinski definition) is 7. The molecule has 0 spiro atoms. The summed E-state index contributed by atoms with van der Waals surface area (Å²) in [5.74, 6) is 0.607. The number of hydrogen-bond donors (Lipinski definition) is 2. The lowest BCUT2D eigenvalue weighted by molar-refractivity contribution is 0.474. The molecule has 41 heavy (non-hydrogen) atoms. The van der Waals surface area contributed by atoms with E-state index in [0.717, 1.165) is 27.2 Å². The van der Waals surface area contributed by atoms with Gasteiger partial charge in [0, 0.05) is 52.1 Å². The van der Waals surface area contributed by atoms with Gasteiger partial charge in [-0.1, -0.05) is 60.7 Å². The predicted octanol–water partition coefficient (Wildman–Crippen LogP) is 8.13. The third-order valence-electron chi connectivity index (χ3n) is 6.42. The van der Waals surface area contributed by atoms with Crippen molar-refractivity contribution in [2.24, 2.45) is 9.98 Å². The number of para-hydroxylation sites is 3. The average molecular weight is 537 g/mol. The van der Waals surface area contributed by atoms with Gasteiger partial charge in [0.15, 0.2) is 0 Å². The van der Waals surface area contributed by atoms with Gasteiger partial charge in [-0.05, 0) is 48.5 Å². The van der Waals surface area contributed by atoms with E-state index in [1.807, 2.05) is 48.5 Å². The number of aromatic hydroxyl groups is 2. The zero-order valence-electron chi connectivity index (χ0n) is 21.8. The van der Waals surface area contributed by atoms with Gasteiger partial charge < -0.3 is 14.6 Å². The Bertz CT molecular complexity index is 1990. The maximum Gasteiger partial charge on any atom is 0.246 e. The van der Waals surface area contributed by atoms with Crippen molar-refractivity contribution in [1.29, 1.82) is 0 Å². The Morgan fingerprint density at radius 2 is 1.10 bits per heavy atom. The lowest BCUT2D eigenvalue weighted by Crippen LogP contribution is -1.83. The molecule has 3 heterocycles. The highest BCUT2D eigenvalue weighted by molar-refractivity contribution is 6.02. The molecule has 7 heteroatoms. The van der Waals surface area contributed by atoms with Gasteiger partial charge in [-0.15, -0.1) is 0 Å². The number of phenolic OH excluding ortho intramolecular Hbond substituents is 2. The van der Waals surface area contributed by atoms with Crippen molar-refractivity contribution in [2.45, 2.75) is 0 Å². The number of rotatable bonds is 4. The molecule has 0 atom stereocenters. The summed E-state index contributed by atoms with van der Waals surface area (Å²) in [5, 5.41) is 22.9. The zero-order chi connectivity index (χ0) is 28.0. The molecular weight excluding hydrogens is 512 g/mol. The van der Waals surface area contributed by atoms with Crippen molar-refractivity contribution in [3.05, 3.63) is 133 Å². The average Bonchev–Trinajstić information content (AvgIpc) is 3.38. The van der Waals surface area contributed by atoms with E-state index >= 15 is 0 Å². The molecule has 0 bridgehead atoms. The van der Waals surface area contributed by atoms with Gasteiger partial charge in [0.25, 0.3) is 0 Å². The van der Waals surface area contributed by atoms with Crippen molar-refractivity contribution >= 4 is 56.8 Å². The maximum absolute atomic E-state index is 9.93. The molecule has 0 radical (unpaired) electrons. The van der Waals surface area contributed by atoms with Gasteiger partial charge in [-0.3, -0.25) is 9.97 Å². The summed E-state index contributed by atoms with van der Waals surface area (Å²) < 4.78 is 5.82. The van der Waals surface area contributed by atoms with Gasteiger partial charge in [-0.2, -0.15) is 0 Å². The minimum absolute atomic E-state index is 0.136. The van der Waals surface area contributed by atoms with E-state index in [2.05, 4.69) is 44.2 Å². The predicted molar refractivity (Wildman–Crippen MR) is 164 cm³/mol. The first kappa shape index (κ1) is 25.5. The van der Waals surface area contributed by atoms with Crippen LogP contribution in [0.25, 0.3) is 32.8 Å². The minimum Gasteiger partial charge on any atom is -0.507 e. The molecule has 3 aromatic heterocycles. The highest BCUT2D eigenvalue weighted by atomic mass is 16.3. The first-order chi connectivity index (χ1) is 20.2. The molecule has 0 saturated heterocycles. The second-order valence-corrected chi connectivity index (χ2v) is 9.10. The van der Waals surface area contributed by atoms with E-state index in [-0.39, 0.29) is 11.5 Å². The fourth-order valence-electron chi connectivity index (χ4n) is 4.37. The summed E-state index contributed by atoms with van der Waals surface area (Å²) in [5.41, 5.74) is 4.34. The van der Waals surface area contributed by atoms with Crippen LogP contribution < -0.4 is 0 Å². The van der Waals surface area contributed by atoms with E-state index in [0.29, 0.717) is 28.3 Å². The van der Waals surface area contributed by atoms with Crippen LogP contribution in [0.2, 0.25) is 0 Å². The minimum atomic E-state index is 0.136. The van der Waals surface area contributed by atoms with Crippen molar-refractivity contribution < 1.29 is 14.6 Å². The first-order valence-electron chi connectivity index (χ1n) is 12.9. The van der Waals surface area contributed by atoms with Gasteiger partial charge in [0.05, 0.1) is 11.0 Å². The molecule has 0 amide bonds.